The van der Waals surface area contributed by atoms with Crippen LogP contribution >= 0.6 is 0 Å². The largest absolute Gasteiger partial charge is 0.481 e. The van der Waals surface area contributed by atoms with Crippen molar-refractivity contribution in [2.45, 2.75) is 19.3 Å². The zero-order valence-electron chi connectivity index (χ0n) is 8.30. The lowest BCUT2D eigenvalue weighted by Crippen LogP contribution is -2.35. The first-order valence-electron chi connectivity index (χ1n) is 4.75. The van der Waals surface area contributed by atoms with E-state index in [2.05, 4.69) is 10.6 Å². The molecule has 0 heterocycles. The van der Waals surface area contributed by atoms with Gasteiger partial charge in [-0.3, -0.25) is 9.59 Å². The molecule has 0 aromatic carbocycles. The van der Waals surface area contributed by atoms with Gasteiger partial charge in [-0.15, -0.1) is 0 Å². The number of nitrogens with one attached hydrogen (secondary N) is 2. The van der Waals surface area contributed by atoms with Crippen LogP contribution in [0.1, 0.15) is 19.3 Å². The Hall–Kier alpha value is -1.10. The molecule has 3 N–H and O–H groups in total. The zero-order chi connectivity index (χ0) is 10.6. The van der Waals surface area contributed by atoms with Crippen LogP contribution in [0.2, 0.25) is 0 Å². The highest BCUT2D eigenvalue weighted by molar-refractivity contribution is 5.80. The van der Waals surface area contributed by atoms with Crippen molar-refractivity contribution in [3.05, 3.63) is 0 Å². The van der Waals surface area contributed by atoms with Crippen molar-refractivity contribution in [2.75, 3.05) is 20.1 Å². The van der Waals surface area contributed by atoms with Crippen LogP contribution in [0.4, 0.5) is 0 Å². The van der Waals surface area contributed by atoms with E-state index in [1.54, 1.807) is 7.05 Å². The second-order valence-corrected chi connectivity index (χ2v) is 3.72. The van der Waals surface area contributed by atoms with Crippen molar-refractivity contribution in [1.29, 1.82) is 0 Å². The molecule has 5 heteroatoms. The number of hydrogen-bond acceptors (Lipinski definition) is 3. The minimum Gasteiger partial charge on any atom is -0.481 e. The quantitative estimate of drug-likeness (QED) is 0.544. The van der Waals surface area contributed by atoms with Gasteiger partial charge in [0.15, 0.2) is 0 Å². The van der Waals surface area contributed by atoms with E-state index < -0.39 is 11.4 Å². The Kier molecular flexibility index (Phi) is 3.46. The fourth-order valence-corrected chi connectivity index (χ4v) is 1.21. The van der Waals surface area contributed by atoms with E-state index in [1.165, 1.54) is 0 Å². The van der Waals surface area contributed by atoms with Gasteiger partial charge < -0.3 is 15.7 Å². The normalized spacial score (nSPS) is 17.5. The minimum atomic E-state index is -0.800. The summed E-state index contributed by atoms with van der Waals surface area (Å²) in [7, 11) is 1.77. The van der Waals surface area contributed by atoms with E-state index in [9.17, 15) is 9.59 Å². The molecule has 0 aromatic rings. The van der Waals surface area contributed by atoms with Crippen LogP contribution in [0.25, 0.3) is 0 Å². The summed E-state index contributed by atoms with van der Waals surface area (Å²) in [6, 6.07) is 0. The van der Waals surface area contributed by atoms with E-state index in [0.717, 1.165) is 0 Å². The Morgan fingerprint density at radius 2 is 2.07 bits per heavy atom. The van der Waals surface area contributed by atoms with Crippen LogP contribution in [-0.2, 0) is 9.59 Å². The summed E-state index contributed by atoms with van der Waals surface area (Å²) >= 11 is 0. The zero-order valence-corrected chi connectivity index (χ0v) is 8.30. The Bertz CT molecular complexity index is 236. The number of carbonyl (C=O) groups is 2. The van der Waals surface area contributed by atoms with Crippen LogP contribution in [-0.4, -0.2) is 37.1 Å². The smallest absolute Gasteiger partial charge is 0.311 e. The molecule has 0 unspecified atom stereocenters. The summed E-state index contributed by atoms with van der Waals surface area (Å²) in [5.41, 5.74) is -0.657. The summed E-state index contributed by atoms with van der Waals surface area (Å²) in [6.45, 7) is 0.886. The lowest BCUT2D eigenvalue weighted by atomic mass is 10.1. The molecule has 14 heavy (non-hydrogen) atoms. The van der Waals surface area contributed by atoms with Gasteiger partial charge in [-0.05, 0) is 19.9 Å². The molecule has 1 amide bonds. The number of rotatable bonds is 6. The highest BCUT2D eigenvalue weighted by Gasteiger charge is 2.50. The maximum absolute atomic E-state index is 11.2. The fraction of sp³-hybridized carbons (Fsp3) is 0.778. The van der Waals surface area contributed by atoms with Gasteiger partial charge in [0.1, 0.15) is 0 Å². The number of amides is 1. The van der Waals surface area contributed by atoms with Gasteiger partial charge in [-0.25, -0.2) is 0 Å². The van der Waals surface area contributed by atoms with Gasteiger partial charge in [-0.1, -0.05) is 0 Å². The summed E-state index contributed by atoms with van der Waals surface area (Å²) in [6.07, 6.45) is 1.75. The molecule has 0 atom stereocenters. The third-order valence-corrected chi connectivity index (χ3v) is 2.53. The van der Waals surface area contributed by atoms with Gasteiger partial charge in [0.2, 0.25) is 5.91 Å². The molecule has 1 saturated carbocycles. The van der Waals surface area contributed by atoms with Crippen LogP contribution in [0, 0.1) is 5.41 Å². The fourth-order valence-electron chi connectivity index (χ4n) is 1.21. The Morgan fingerprint density at radius 3 is 2.50 bits per heavy atom. The molecule has 80 valence electrons. The molecule has 1 aliphatic carbocycles. The number of carboxylic acids is 1. The van der Waals surface area contributed by atoms with Crippen molar-refractivity contribution >= 4 is 11.9 Å². The Morgan fingerprint density at radius 1 is 1.43 bits per heavy atom. The first kappa shape index (κ1) is 11.0. The van der Waals surface area contributed by atoms with Crippen molar-refractivity contribution in [3.8, 4) is 0 Å². The molecule has 0 saturated heterocycles. The molecular formula is C9H16N2O3. The molecule has 1 aliphatic rings. The van der Waals surface area contributed by atoms with Crippen LogP contribution < -0.4 is 10.6 Å². The number of hydrogen-bond donors (Lipinski definition) is 3. The molecule has 0 aliphatic heterocycles. The maximum Gasteiger partial charge on any atom is 0.311 e. The standard InChI is InChI=1S/C9H16N2O3/c1-10-5-2-7(12)11-6-9(3-4-9)8(13)14/h10H,2-6H2,1H3,(H,11,12)(H,13,14). The predicted octanol–water partition coefficient (Wildman–Crippen LogP) is -0.423. The molecule has 0 aromatic heterocycles. The lowest BCUT2D eigenvalue weighted by molar-refractivity contribution is -0.143. The first-order chi connectivity index (χ1) is 6.60. The van der Waals surface area contributed by atoms with Crippen LogP contribution in [0.3, 0.4) is 0 Å². The minimum absolute atomic E-state index is 0.0909. The van der Waals surface area contributed by atoms with Crippen molar-refractivity contribution < 1.29 is 14.7 Å². The topological polar surface area (TPSA) is 78.4 Å². The third kappa shape index (κ3) is 2.70. The van der Waals surface area contributed by atoms with Gasteiger partial charge in [0.05, 0.1) is 5.41 Å². The van der Waals surface area contributed by atoms with Crippen molar-refractivity contribution in [3.63, 3.8) is 0 Å². The second-order valence-electron chi connectivity index (χ2n) is 3.72. The second kappa shape index (κ2) is 4.41. The molecule has 0 bridgehead atoms. The Balaban J connectivity index is 2.20. The SMILES string of the molecule is CNCCC(=O)NCC1(C(=O)O)CC1. The van der Waals surface area contributed by atoms with Crippen molar-refractivity contribution in [2.24, 2.45) is 5.41 Å². The molecule has 0 spiro atoms. The number of aliphatic carboxylic acids is 1. The third-order valence-electron chi connectivity index (χ3n) is 2.53. The summed E-state index contributed by atoms with van der Waals surface area (Å²) < 4.78 is 0. The molecule has 5 nitrogen and oxygen atoms in total. The predicted molar refractivity (Wildman–Crippen MR) is 50.9 cm³/mol. The van der Waals surface area contributed by atoms with Gasteiger partial charge in [-0.2, -0.15) is 0 Å². The maximum atomic E-state index is 11.2. The monoisotopic (exact) mass is 200 g/mol. The van der Waals surface area contributed by atoms with E-state index in [-0.39, 0.29) is 12.5 Å². The van der Waals surface area contributed by atoms with Gasteiger partial charge >= 0.3 is 5.97 Å². The van der Waals surface area contributed by atoms with Crippen LogP contribution in [0.5, 0.6) is 0 Å². The number of carbonyl (C=O) groups excluding carboxylic acids is 1. The summed E-state index contributed by atoms with van der Waals surface area (Å²) in [5, 5.41) is 14.3. The van der Waals surface area contributed by atoms with E-state index >= 15 is 0 Å². The first-order valence-corrected chi connectivity index (χ1v) is 4.75. The average Bonchev–Trinajstić information content (AvgIpc) is 2.92. The average molecular weight is 200 g/mol. The highest BCUT2D eigenvalue weighted by Crippen LogP contribution is 2.45. The Labute approximate surface area is 82.9 Å². The van der Waals surface area contributed by atoms with E-state index in [0.29, 0.717) is 25.8 Å². The lowest BCUT2D eigenvalue weighted by Gasteiger charge is -2.10. The van der Waals surface area contributed by atoms with E-state index in [1.807, 2.05) is 0 Å². The molecule has 1 fully saturated rings. The van der Waals surface area contributed by atoms with Crippen molar-refractivity contribution in [1.82, 2.24) is 10.6 Å². The van der Waals surface area contributed by atoms with Crippen LogP contribution in [0.15, 0.2) is 0 Å². The number of carboxylic acid groups (broad SMARTS) is 1. The van der Waals surface area contributed by atoms with Gasteiger partial charge in [0.25, 0.3) is 0 Å². The van der Waals surface area contributed by atoms with Gasteiger partial charge in [0, 0.05) is 19.5 Å². The summed E-state index contributed by atoms with van der Waals surface area (Å²) in [5.74, 6) is -0.890. The molecule has 1 rings (SSSR count). The summed E-state index contributed by atoms with van der Waals surface area (Å²) in [4.78, 5) is 21.9. The highest BCUT2D eigenvalue weighted by atomic mass is 16.4. The molecule has 0 radical (unpaired) electrons. The molecular weight excluding hydrogens is 184 g/mol. The van der Waals surface area contributed by atoms with E-state index in [4.69, 9.17) is 5.11 Å².